The minimum Gasteiger partial charge on any atom is -0.432 e. The number of halogens is 1. The number of hydrogen-bond donors (Lipinski definition) is 0. The number of rotatable bonds is 3. The summed E-state index contributed by atoms with van der Waals surface area (Å²) in [5, 5.41) is 11.1. The zero-order valence-electron chi connectivity index (χ0n) is 8.54. The fourth-order valence-corrected chi connectivity index (χ4v) is 1.40. The van der Waals surface area contributed by atoms with Crippen molar-refractivity contribution in [2.24, 2.45) is 0 Å². The second kappa shape index (κ2) is 4.80. The van der Waals surface area contributed by atoms with E-state index in [2.05, 4.69) is 4.98 Å². The van der Waals surface area contributed by atoms with Gasteiger partial charge in [-0.25, -0.2) is 4.98 Å². The van der Waals surface area contributed by atoms with Crippen LogP contribution in [0.4, 0.5) is 5.69 Å². The van der Waals surface area contributed by atoms with Crippen LogP contribution < -0.4 is 4.74 Å². The van der Waals surface area contributed by atoms with E-state index >= 15 is 0 Å². The molecule has 1 heterocycles. The lowest BCUT2D eigenvalue weighted by Crippen LogP contribution is -1.94. The van der Waals surface area contributed by atoms with E-state index in [0.717, 1.165) is 0 Å². The largest absolute Gasteiger partial charge is 0.432 e. The Labute approximate surface area is 102 Å². The summed E-state index contributed by atoms with van der Waals surface area (Å²) in [6.45, 7) is 0. The molecular weight excluding hydrogens is 244 g/mol. The maximum atomic E-state index is 10.8. The molecule has 0 radical (unpaired) electrons. The first-order valence-corrected chi connectivity index (χ1v) is 5.07. The summed E-state index contributed by atoms with van der Waals surface area (Å²) >= 11 is 5.76. The molecule has 0 atom stereocenters. The van der Waals surface area contributed by atoms with Gasteiger partial charge in [-0.05, 0) is 12.1 Å². The van der Waals surface area contributed by atoms with Gasteiger partial charge in [0.15, 0.2) is 0 Å². The minimum atomic E-state index is -0.533. The van der Waals surface area contributed by atoms with E-state index in [1.807, 2.05) is 0 Å². The van der Waals surface area contributed by atoms with Crippen LogP contribution in [0.3, 0.4) is 0 Å². The molecule has 6 heteroatoms. The third kappa shape index (κ3) is 2.70. The molecule has 0 unspecified atom stereocenters. The molecule has 0 aliphatic carbocycles. The topological polar surface area (TPSA) is 65.3 Å². The molecule has 1 aromatic heterocycles. The molecule has 2 rings (SSSR count). The summed E-state index contributed by atoms with van der Waals surface area (Å²) in [5.41, 5.74) is -0.153. The molecule has 0 amide bonds. The highest BCUT2D eigenvalue weighted by molar-refractivity contribution is 6.30. The molecular formula is C11H7ClN2O3. The molecule has 2 aromatic rings. The van der Waals surface area contributed by atoms with Crippen LogP contribution in [0.25, 0.3) is 0 Å². The van der Waals surface area contributed by atoms with E-state index in [9.17, 15) is 10.1 Å². The first kappa shape index (κ1) is 11.3. The summed E-state index contributed by atoms with van der Waals surface area (Å²) in [6, 6.07) is 9.16. The Morgan fingerprint density at radius 3 is 2.76 bits per heavy atom. The normalized spacial score (nSPS) is 9.94. The standard InChI is InChI=1S/C11H7ClN2O3/c12-8-4-5-9(14(15)16)10(7-8)17-11-3-1-2-6-13-11/h1-7H. The second-order valence-electron chi connectivity index (χ2n) is 3.14. The number of benzene rings is 1. The molecule has 0 aliphatic rings. The number of nitro groups is 1. The Kier molecular flexibility index (Phi) is 3.20. The summed E-state index contributed by atoms with van der Waals surface area (Å²) in [4.78, 5) is 14.2. The van der Waals surface area contributed by atoms with Gasteiger partial charge in [0.2, 0.25) is 11.6 Å². The van der Waals surface area contributed by atoms with Gasteiger partial charge in [0.25, 0.3) is 0 Å². The van der Waals surface area contributed by atoms with Crippen LogP contribution in [0, 0.1) is 10.1 Å². The van der Waals surface area contributed by atoms with E-state index in [-0.39, 0.29) is 17.3 Å². The Morgan fingerprint density at radius 2 is 2.12 bits per heavy atom. The van der Waals surface area contributed by atoms with Crippen LogP contribution >= 0.6 is 11.6 Å². The van der Waals surface area contributed by atoms with Gasteiger partial charge in [-0.2, -0.15) is 0 Å². The van der Waals surface area contributed by atoms with Crippen LogP contribution in [0.2, 0.25) is 5.02 Å². The Bertz CT molecular complexity index is 546. The molecule has 0 saturated heterocycles. The van der Waals surface area contributed by atoms with Crippen molar-refractivity contribution in [2.45, 2.75) is 0 Å². The molecule has 17 heavy (non-hydrogen) atoms. The second-order valence-corrected chi connectivity index (χ2v) is 3.58. The number of nitrogens with zero attached hydrogens (tertiary/aromatic N) is 2. The van der Waals surface area contributed by atoms with Gasteiger partial charge in [0.05, 0.1) is 4.92 Å². The molecule has 1 aromatic carbocycles. The van der Waals surface area contributed by atoms with E-state index in [4.69, 9.17) is 16.3 Å². The molecule has 0 bridgehead atoms. The fourth-order valence-electron chi connectivity index (χ4n) is 1.24. The third-order valence-electron chi connectivity index (χ3n) is 1.97. The lowest BCUT2D eigenvalue weighted by atomic mass is 10.3. The van der Waals surface area contributed by atoms with Gasteiger partial charge in [0.1, 0.15) is 0 Å². The molecule has 86 valence electrons. The van der Waals surface area contributed by atoms with Crippen LogP contribution in [0.5, 0.6) is 11.6 Å². The third-order valence-corrected chi connectivity index (χ3v) is 2.21. The number of aromatic nitrogens is 1. The molecule has 5 nitrogen and oxygen atoms in total. The van der Waals surface area contributed by atoms with Crippen molar-refractivity contribution in [2.75, 3.05) is 0 Å². The number of nitro benzene ring substituents is 1. The van der Waals surface area contributed by atoms with E-state index in [1.165, 1.54) is 24.4 Å². The maximum absolute atomic E-state index is 10.8. The smallest absolute Gasteiger partial charge is 0.311 e. The predicted molar refractivity (Wildman–Crippen MR) is 62.4 cm³/mol. The van der Waals surface area contributed by atoms with Crippen molar-refractivity contribution in [3.05, 3.63) is 57.7 Å². The average Bonchev–Trinajstić information content (AvgIpc) is 2.30. The molecule has 0 N–H and O–H groups in total. The zero-order chi connectivity index (χ0) is 12.3. The van der Waals surface area contributed by atoms with Crippen molar-refractivity contribution < 1.29 is 9.66 Å². The highest BCUT2D eigenvalue weighted by Gasteiger charge is 2.16. The van der Waals surface area contributed by atoms with Gasteiger partial charge >= 0.3 is 5.69 Å². The lowest BCUT2D eigenvalue weighted by Gasteiger charge is -2.05. The number of pyridine rings is 1. The summed E-state index contributed by atoms with van der Waals surface area (Å²) in [7, 11) is 0. The van der Waals surface area contributed by atoms with Crippen LogP contribution in [0.15, 0.2) is 42.6 Å². The van der Waals surface area contributed by atoms with Gasteiger partial charge in [-0.15, -0.1) is 0 Å². The maximum Gasteiger partial charge on any atom is 0.311 e. The molecule has 0 fully saturated rings. The quantitative estimate of drug-likeness (QED) is 0.618. The van der Waals surface area contributed by atoms with Gasteiger partial charge < -0.3 is 4.74 Å². The highest BCUT2D eigenvalue weighted by atomic mass is 35.5. The minimum absolute atomic E-state index is 0.0706. The van der Waals surface area contributed by atoms with Crippen LogP contribution in [-0.4, -0.2) is 9.91 Å². The van der Waals surface area contributed by atoms with Crippen LogP contribution in [0.1, 0.15) is 0 Å². The Hall–Kier alpha value is -2.14. The summed E-state index contributed by atoms with van der Waals surface area (Å²) in [6.07, 6.45) is 1.53. The Balaban J connectivity index is 2.37. The van der Waals surface area contributed by atoms with Crippen molar-refractivity contribution in [3.63, 3.8) is 0 Å². The van der Waals surface area contributed by atoms with E-state index in [0.29, 0.717) is 5.02 Å². The average molecular weight is 251 g/mol. The predicted octanol–water partition coefficient (Wildman–Crippen LogP) is 3.44. The summed E-state index contributed by atoms with van der Waals surface area (Å²) in [5.74, 6) is 0.346. The van der Waals surface area contributed by atoms with E-state index < -0.39 is 4.92 Å². The summed E-state index contributed by atoms with van der Waals surface area (Å²) < 4.78 is 5.31. The highest BCUT2D eigenvalue weighted by Crippen LogP contribution is 2.32. The molecule has 0 saturated carbocycles. The fraction of sp³-hybridized carbons (Fsp3) is 0. The van der Waals surface area contributed by atoms with Gasteiger partial charge in [-0.1, -0.05) is 17.7 Å². The molecule has 0 aliphatic heterocycles. The Morgan fingerprint density at radius 1 is 1.29 bits per heavy atom. The monoisotopic (exact) mass is 250 g/mol. The number of ether oxygens (including phenoxy) is 1. The van der Waals surface area contributed by atoms with E-state index in [1.54, 1.807) is 18.2 Å². The zero-order valence-corrected chi connectivity index (χ0v) is 9.29. The van der Waals surface area contributed by atoms with Crippen LogP contribution in [-0.2, 0) is 0 Å². The first-order chi connectivity index (χ1) is 8.16. The molecule has 0 spiro atoms. The number of hydrogen-bond acceptors (Lipinski definition) is 4. The van der Waals surface area contributed by atoms with Crippen molar-refractivity contribution in [1.29, 1.82) is 0 Å². The van der Waals surface area contributed by atoms with Gasteiger partial charge in [0, 0.05) is 29.4 Å². The van der Waals surface area contributed by atoms with Crippen molar-refractivity contribution in [3.8, 4) is 11.6 Å². The first-order valence-electron chi connectivity index (χ1n) is 4.69. The van der Waals surface area contributed by atoms with Crippen molar-refractivity contribution >= 4 is 17.3 Å². The van der Waals surface area contributed by atoms with Crippen molar-refractivity contribution in [1.82, 2.24) is 4.98 Å². The van der Waals surface area contributed by atoms with Gasteiger partial charge in [-0.3, -0.25) is 10.1 Å². The lowest BCUT2D eigenvalue weighted by molar-refractivity contribution is -0.385. The SMILES string of the molecule is O=[N+]([O-])c1ccc(Cl)cc1Oc1ccccn1.